The molecule has 0 bridgehead atoms. The van der Waals surface area contributed by atoms with Gasteiger partial charge in [-0.3, -0.25) is 4.68 Å². The Kier molecular flexibility index (Phi) is 3.85. The summed E-state index contributed by atoms with van der Waals surface area (Å²) in [5, 5.41) is 3.95. The van der Waals surface area contributed by atoms with Gasteiger partial charge in [-0.15, -0.1) is 11.3 Å². The Morgan fingerprint density at radius 3 is 2.55 bits per heavy atom. The molecule has 0 fully saturated rings. The normalized spacial score (nSPS) is 12.2. The van der Waals surface area contributed by atoms with E-state index in [0.29, 0.717) is 5.69 Å². The molecule has 20 heavy (non-hydrogen) atoms. The van der Waals surface area contributed by atoms with Crippen LogP contribution in [0, 0.1) is 13.8 Å². The minimum Gasteiger partial charge on any atom is -0.381 e. The van der Waals surface area contributed by atoms with E-state index < -0.39 is 10.0 Å². The van der Waals surface area contributed by atoms with Crippen LogP contribution in [0.15, 0.2) is 10.4 Å². The first-order valence-corrected chi connectivity index (χ1v) is 8.21. The second-order valence-corrected chi connectivity index (χ2v) is 7.47. The molecule has 2 aromatic heterocycles. The molecule has 0 aliphatic carbocycles. The Morgan fingerprint density at radius 1 is 1.45 bits per heavy atom. The smallest absolute Gasteiger partial charge is 0.248 e. The molecule has 9 heteroatoms. The van der Waals surface area contributed by atoms with Gasteiger partial charge in [-0.1, -0.05) is 0 Å². The summed E-state index contributed by atoms with van der Waals surface area (Å²) in [6.07, 6.45) is 0. The van der Waals surface area contributed by atoms with E-state index in [1.165, 1.54) is 27.4 Å². The summed E-state index contributed by atoms with van der Waals surface area (Å²) in [5.74, 6) is 0.0258. The number of rotatable bonds is 4. The third kappa shape index (κ3) is 2.43. The zero-order chi connectivity index (χ0) is 15.1. The Balaban J connectivity index is 2.37. The lowest BCUT2D eigenvalue weighted by Gasteiger charge is -2.16. The number of sulfonamides is 1. The van der Waals surface area contributed by atoms with Crippen LogP contribution in [-0.4, -0.2) is 34.5 Å². The van der Waals surface area contributed by atoms with Crippen molar-refractivity contribution in [3.05, 3.63) is 21.8 Å². The summed E-state index contributed by atoms with van der Waals surface area (Å²) in [7, 11) is -0.476. The van der Waals surface area contributed by atoms with E-state index in [-0.39, 0.29) is 17.3 Å². The molecule has 2 rings (SSSR count). The van der Waals surface area contributed by atoms with Gasteiger partial charge in [0.05, 0.1) is 16.9 Å². The second-order valence-electron chi connectivity index (χ2n) is 4.55. The van der Waals surface area contributed by atoms with E-state index in [1.807, 2.05) is 6.92 Å². The first kappa shape index (κ1) is 14.9. The maximum Gasteiger partial charge on any atom is 0.248 e. The molecule has 2 aromatic rings. The summed E-state index contributed by atoms with van der Waals surface area (Å²) in [6, 6.07) is 0. The molecule has 0 unspecified atom stereocenters. The number of nitrogen functional groups attached to an aromatic ring is 1. The molecule has 0 atom stereocenters. The number of thiazole rings is 1. The van der Waals surface area contributed by atoms with Crippen LogP contribution >= 0.6 is 11.3 Å². The minimum atomic E-state index is -3.67. The quantitative estimate of drug-likeness (QED) is 0.904. The third-order valence-electron chi connectivity index (χ3n) is 3.18. The van der Waals surface area contributed by atoms with Gasteiger partial charge >= 0.3 is 0 Å². The van der Waals surface area contributed by atoms with Crippen molar-refractivity contribution in [2.24, 2.45) is 7.05 Å². The Bertz CT molecular complexity index is 732. The minimum absolute atomic E-state index is 0.0258. The van der Waals surface area contributed by atoms with Gasteiger partial charge in [-0.25, -0.2) is 13.4 Å². The predicted octanol–water partition coefficient (Wildman–Crippen LogP) is 0.896. The van der Waals surface area contributed by atoms with Crippen molar-refractivity contribution in [1.82, 2.24) is 19.1 Å². The van der Waals surface area contributed by atoms with Crippen molar-refractivity contribution in [3.63, 3.8) is 0 Å². The summed E-state index contributed by atoms with van der Waals surface area (Å²) >= 11 is 1.43. The van der Waals surface area contributed by atoms with Gasteiger partial charge < -0.3 is 5.73 Å². The summed E-state index contributed by atoms with van der Waals surface area (Å²) in [4.78, 5) is 5.11. The van der Waals surface area contributed by atoms with E-state index in [1.54, 1.807) is 19.5 Å². The molecule has 0 aliphatic heterocycles. The largest absolute Gasteiger partial charge is 0.381 e. The Hall–Kier alpha value is -1.45. The highest BCUT2D eigenvalue weighted by Crippen LogP contribution is 2.26. The molecule has 110 valence electrons. The van der Waals surface area contributed by atoms with Crippen LogP contribution in [0.1, 0.15) is 16.3 Å². The molecule has 7 nitrogen and oxygen atoms in total. The van der Waals surface area contributed by atoms with Gasteiger partial charge in [0.2, 0.25) is 10.0 Å². The second kappa shape index (κ2) is 5.15. The molecule has 0 saturated carbocycles. The molecule has 0 aliphatic rings. The topological polar surface area (TPSA) is 94.1 Å². The van der Waals surface area contributed by atoms with Crippen LogP contribution in [0.2, 0.25) is 0 Å². The molecule has 2 heterocycles. The number of nitrogens with two attached hydrogens (primary N) is 1. The fraction of sp³-hybridized carbons (Fsp3) is 0.455. The van der Waals surface area contributed by atoms with Gasteiger partial charge in [-0.05, 0) is 13.8 Å². The van der Waals surface area contributed by atoms with Crippen LogP contribution in [0.5, 0.6) is 0 Å². The van der Waals surface area contributed by atoms with Crippen LogP contribution in [0.4, 0.5) is 5.82 Å². The Labute approximate surface area is 122 Å². The van der Waals surface area contributed by atoms with Crippen LogP contribution < -0.4 is 5.73 Å². The maximum absolute atomic E-state index is 12.6. The molecule has 0 saturated heterocycles. The highest BCUT2D eigenvalue weighted by Gasteiger charge is 2.29. The molecule has 0 radical (unpaired) electrons. The standard InChI is InChI=1S/C11H17N5O2S2/c1-7-9(19-6-13-7)5-15(3)20(17,18)10-8(2)16(4)14-11(10)12/h6H,5H2,1-4H3,(H2,12,14). The zero-order valence-electron chi connectivity index (χ0n) is 11.8. The summed E-state index contributed by atoms with van der Waals surface area (Å²) in [5.41, 5.74) is 8.79. The average Bonchev–Trinajstić information content (AvgIpc) is 2.84. The predicted molar refractivity (Wildman–Crippen MR) is 77.9 cm³/mol. The highest BCUT2D eigenvalue weighted by molar-refractivity contribution is 7.89. The van der Waals surface area contributed by atoms with E-state index in [2.05, 4.69) is 10.1 Å². The fourth-order valence-electron chi connectivity index (χ4n) is 1.85. The van der Waals surface area contributed by atoms with E-state index in [0.717, 1.165) is 10.6 Å². The number of nitrogens with zero attached hydrogens (tertiary/aromatic N) is 4. The van der Waals surface area contributed by atoms with Gasteiger partial charge in [0.1, 0.15) is 4.90 Å². The molecule has 2 N–H and O–H groups in total. The lowest BCUT2D eigenvalue weighted by Crippen LogP contribution is -2.27. The van der Waals surface area contributed by atoms with Crippen LogP contribution in [0.3, 0.4) is 0 Å². The van der Waals surface area contributed by atoms with E-state index in [4.69, 9.17) is 5.73 Å². The zero-order valence-corrected chi connectivity index (χ0v) is 13.4. The lowest BCUT2D eigenvalue weighted by molar-refractivity contribution is 0.468. The molecule has 0 amide bonds. The van der Waals surface area contributed by atoms with Crippen LogP contribution in [0.25, 0.3) is 0 Å². The van der Waals surface area contributed by atoms with Crippen molar-refractivity contribution >= 4 is 27.2 Å². The van der Waals surface area contributed by atoms with Crippen molar-refractivity contribution < 1.29 is 8.42 Å². The van der Waals surface area contributed by atoms with Crippen molar-refractivity contribution in [2.75, 3.05) is 12.8 Å². The van der Waals surface area contributed by atoms with Gasteiger partial charge in [-0.2, -0.15) is 9.40 Å². The van der Waals surface area contributed by atoms with Crippen molar-refractivity contribution in [2.45, 2.75) is 25.3 Å². The SMILES string of the molecule is Cc1ncsc1CN(C)S(=O)(=O)c1c(N)nn(C)c1C. The average molecular weight is 315 g/mol. The van der Waals surface area contributed by atoms with E-state index >= 15 is 0 Å². The number of aromatic nitrogens is 3. The maximum atomic E-state index is 12.6. The van der Waals surface area contributed by atoms with Gasteiger partial charge in [0.15, 0.2) is 5.82 Å². The molecular weight excluding hydrogens is 298 g/mol. The monoisotopic (exact) mass is 315 g/mol. The highest BCUT2D eigenvalue weighted by atomic mass is 32.2. The number of aryl methyl sites for hydroxylation is 2. The fourth-order valence-corrected chi connectivity index (χ4v) is 4.19. The Morgan fingerprint density at radius 2 is 2.10 bits per heavy atom. The molecule has 0 spiro atoms. The van der Waals surface area contributed by atoms with Crippen LogP contribution in [-0.2, 0) is 23.6 Å². The first-order valence-electron chi connectivity index (χ1n) is 5.89. The van der Waals surface area contributed by atoms with Gasteiger partial charge in [0, 0.05) is 25.5 Å². The number of anilines is 1. The molecular formula is C11H17N5O2S2. The first-order chi connectivity index (χ1) is 9.25. The number of hydrogen-bond donors (Lipinski definition) is 1. The third-order valence-corrected chi connectivity index (χ3v) is 6.07. The lowest BCUT2D eigenvalue weighted by atomic mass is 10.4. The van der Waals surface area contributed by atoms with Gasteiger partial charge in [0.25, 0.3) is 0 Å². The van der Waals surface area contributed by atoms with Crippen molar-refractivity contribution in [3.8, 4) is 0 Å². The summed E-state index contributed by atoms with van der Waals surface area (Å²) in [6.45, 7) is 3.81. The number of hydrogen-bond acceptors (Lipinski definition) is 6. The summed E-state index contributed by atoms with van der Waals surface area (Å²) < 4.78 is 27.9. The van der Waals surface area contributed by atoms with E-state index in [9.17, 15) is 8.42 Å². The molecule has 0 aromatic carbocycles. The van der Waals surface area contributed by atoms with Crippen molar-refractivity contribution in [1.29, 1.82) is 0 Å².